The number of benzene rings is 1. The molecular formula is C18H25N3O3S2. The molecule has 0 spiro atoms. The van der Waals surface area contributed by atoms with E-state index in [-0.39, 0.29) is 10.8 Å². The minimum atomic E-state index is -3.58. The maximum atomic E-state index is 12.7. The highest BCUT2D eigenvalue weighted by molar-refractivity contribution is 7.89. The van der Waals surface area contributed by atoms with Crippen LogP contribution in [0.4, 0.5) is 11.4 Å². The molecule has 6 nitrogen and oxygen atoms in total. The molecule has 1 heterocycles. The Morgan fingerprint density at radius 3 is 2.31 bits per heavy atom. The fraction of sp³-hybridized carbons (Fsp3) is 0.389. The van der Waals surface area contributed by atoms with Crippen molar-refractivity contribution in [1.29, 1.82) is 0 Å². The minimum Gasteiger partial charge on any atom is -0.376 e. The Balaban J connectivity index is 2.44. The third-order valence-corrected chi connectivity index (χ3v) is 7.00. The third-order valence-electron chi connectivity index (χ3n) is 4.10. The normalized spacial score (nSPS) is 11.7. The summed E-state index contributed by atoms with van der Waals surface area (Å²) in [7, 11) is 3.06. The summed E-state index contributed by atoms with van der Waals surface area (Å²) in [6.07, 6.45) is 0.870. The van der Waals surface area contributed by atoms with Crippen LogP contribution < -0.4 is 10.2 Å². The molecule has 1 aromatic heterocycles. The van der Waals surface area contributed by atoms with Crippen molar-refractivity contribution in [3.8, 4) is 0 Å². The van der Waals surface area contributed by atoms with Gasteiger partial charge >= 0.3 is 0 Å². The number of nitrogens with one attached hydrogen (secondary N) is 1. The Labute approximate surface area is 159 Å². The molecule has 2 aromatic rings. The van der Waals surface area contributed by atoms with E-state index in [1.807, 2.05) is 32.0 Å². The SMILES string of the molecule is CCc1cc(C(=O)Nc2cc(S(=O)(=O)N(C)C)ccc2N(C)C)sc1C. The number of amides is 1. The van der Waals surface area contributed by atoms with Crippen LogP contribution in [-0.2, 0) is 16.4 Å². The van der Waals surface area contributed by atoms with Crippen LogP contribution in [0.25, 0.3) is 0 Å². The highest BCUT2D eigenvalue weighted by Gasteiger charge is 2.21. The maximum Gasteiger partial charge on any atom is 0.265 e. The lowest BCUT2D eigenvalue weighted by Gasteiger charge is -2.20. The number of anilines is 2. The molecule has 0 radical (unpaired) electrons. The van der Waals surface area contributed by atoms with E-state index in [0.29, 0.717) is 10.6 Å². The molecule has 26 heavy (non-hydrogen) atoms. The van der Waals surface area contributed by atoms with Crippen LogP contribution in [0.15, 0.2) is 29.2 Å². The van der Waals surface area contributed by atoms with E-state index in [1.165, 1.54) is 31.5 Å². The number of carbonyl (C=O) groups excluding carboxylic acids is 1. The minimum absolute atomic E-state index is 0.139. The van der Waals surface area contributed by atoms with Crippen molar-refractivity contribution < 1.29 is 13.2 Å². The van der Waals surface area contributed by atoms with Crippen LogP contribution in [0.2, 0.25) is 0 Å². The Morgan fingerprint density at radius 2 is 1.81 bits per heavy atom. The van der Waals surface area contributed by atoms with E-state index in [9.17, 15) is 13.2 Å². The molecule has 1 aromatic carbocycles. The van der Waals surface area contributed by atoms with Crippen molar-refractivity contribution in [2.45, 2.75) is 25.2 Å². The van der Waals surface area contributed by atoms with Gasteiger partial charge < -0.3 is 10.2 Å². The van der Waals surface area contributed by atoms with Crippen LogP contribution in [0.5, 0.6) is 0 Å². The lowest BCUT2D eigenvalue weighted by molar-refractivity contribution is 0.103. The molecule has 2 rings (SSSR count). The molecule has 8 heteroatoms. The highest BCUT2D eigenvalue weighted by atomic mass is 32.2. The van der Waals surface area contributed by atoms with Crippen LogP contribution in [0.1, 0.15) is 27.0 Å². The zero-order valence-electron chi connectivity index (χ0n) is 16.0. The largest absolute Gasteiger partial charge is 0.376 e. The summed E-state index contributed by atoms with van der Waals surface area (Å²) in [4.78, 5) is 16.4. The van der Waals surface area contributed by atoms with E-state index in [4.69, 9.17) is 0 Å². The first kappa shape index (κ1) is 20.4. The van der Waals surface area contributed by atoms with E-state index in [2.05, 4.69) is 12.2 Å². The molecule has 0 aliphatic carbocycles. The van der Waals surface area contributed by atoms with E-state index in [1.54, 1.807) is 12.1 Å². The Kier molecular flexibility index (Phi) is 6.10. The molecule has 0 bridgehead atoms. The van der Waals surface area contributed by atoms with Gasteiger partial charge in [0.25, 0.3) is 5.91 Å². The fourth-order valence-electron chi connectivity index (χ4n) is 2.54. The van der Waals surface area contributed by atoms with Crippen molar-refractivity contribution in [1.82, 2.24) is 4.31 Å². The van der Waals surface area contributed by atoms with Crippen molar-refractivity contribution in [3.05, 3.63) is 39.6 Å². The number of hydrogen-bond donors (Lipinski definition) is 1. The van der Waals surface area contributed by atoms with Crippen LogP contribution >= 0.6 is 11.3 Å². The smallest absolute Gasteiger partial charge is 0.265 e. The van der Waals surface area contributed by atoms with Crippen molar-refractivity contribution in [3.63, 3.8) is 0 Å². The number of thiophene rings is 1. The molecule has 0 aliphatic rings. The summed E-state index contributed by atoms with van der Waals surface area (Å²) >= 11 is 1.44. The van der Waals surface area contributed by atoms with E-state index < -0.39 is 10.0 Å². The zero-order valence-corrected chi connectivity index (χ0v) is 17.6. The average Bonchev–Trinajstić information content (AvgIpc) is 2.95. The number of carbonyl (C=O) groups is 1. The van der Waals surface area contributed by atoms with Gasteiger partial charge in [-0.3, -0.25) is 4.79 Å². The Hall–Kier alpha value is -1.90. The molecule has 0 saturated carbocycles. The van der Waals surface area contributed by atoms with Gasteiger partial charge in [-0.05, 0) is 43.2 Å². The van der Waals surface area contributed by atoms with Crippen molar-refractivity contribution in [2.24, 2.45) is 0 Å². The Morgan fingerprint density at radius 1 is 1.15 bits per heavy atom. The molecular weight excluding hydrogens is 370 g/mol. The summed E-state index contributed by atoms with van der Waals surface area (Å²) in [5.41, 5.74) is 2.35. The number of hydrogen-bond acceptors (Lipinski definition) is 5. The molecule has 1 amide bonds. The Bertz CT molecular complexity index is 916. The zero-order chi connectivity index (χ0) is 19.6. The number of rotatable bonds is 6. The predicted molar refractivity (Wildman–Crippen MR) is 108 cm³/mol. The van der Waals surface area contributed by atoms with Gasteiger partial charge in [0.05, 0.1) is 21.1 Å². The van der Waals surface area contributed by atoms with Gasteiger partial charge in [0.2, 0.25) is 10.0 Å². The van der Waals surface area contributed by atoms with Crippen LogP contribution in [-0.4, -0.2) is 46.8 Å². The molecule has 0 aliphatic heterocycles. The molecule has 0 atom stereocenters. The standard InChI is InChI=1S/C18H25N3O3S2/c1-7-13-10-17(25-12(13)2)18(22)19-15-11-14(26(23,24)21(5)6)8-9-16(15)20(3)4/h8-11H,7H2,1-6H3,(H,19,22). The summed E-state index contributed by atoms with van der Waals surface area (Å²) < 4.78 is 26.0. The predicted octanol–water partition coefficient (Wildman–Crippen LogP) is 3.19. The second-order valence-electron chi connectivity index (χ2n) is 6.36. The molecule has 0 saturated heterocycles. The van der Waals surface area contributed by atoms with Crippen molar-refractivity contribution >= 4 is 38.6 Å². The average molecular weight is 396 g/mol. The number of nitrogens with zero attached hydrogens (tertiary/aromatic N) is 2. The van der Waals surface area contributed by atoms with Gasteiger partial charge in [-0.2, -0.15) is 0 Å². The third kappa shape index (κ3) is 4.08. The summed E-state index contributed by atoms with van der Waals surface area (Å²) in [6, 6.07) is 6.64. The molecule has 0 fully saturated rings. The maximum absolute atomic E-state index is 12.7. The number of aryl methyl sites for hydroxylation is 2. The van der Waals surface area contributed by atoms with E-state index >= 15 is 0 Å². The molecule has 1 N–H and O–H groups in total. The van der Waals surface area contributed by atoms with Gasteiger partial charge in [0.15, 0.2) is 0 Å². The van der Waals surface area contributed by atoms with Gasteiger partial charge in [-0.15, -0.1) is 11.3 Å². The monoisotopic (exact) mass is 395 g/mol. The highest BCUT2D eigenvalue weighted by Crippen LogP contribution is 2.30. The second-order valence-corrected chi connectivity index (χ2v) is 9.77. The summed E-state index contributed by atoms with van der Waals surface area (Å²) in [6.45, 7) is 4.05. The van der Waals surface area contributed by atoms with Crippen molar-refractivity contribution in [2.75, 3.05) is 38.4 Å². The van der Waals surface area contributed by atoms with Gasteiger partial charge in [0.1, 0.15) is 0 Å². The van der Waals surface area contributed by atoms with E-state index in [0.717, 1.165) is 26.9 Å². The molecule has 0 unspecified atom stereocenters. The first-order valence-electron chi connectivity index (χ1n) is 8.22. The molecule has 142 valence electrons. The van der Waals surface area contributed by atoms with Gasteiger partial charge in [-0.1, -0.05) is 6.92 Å². The quantitative estimate of drug-likeness (QED) is 0.816. The van der Waals surface area contributed by atoms with Crippen LogP contribution in [0, 0.1) is 6.92 Å². The van der Waals surface area contributed by atoms with Gasteiger partial charge in [-0.25, -0.2) is 12.7 Å². The lowest BCUT2D eigenvalue weighted by atomic mass is 10.2. The summed E-state index contributed by atoms with van der Waals surface area (Å²) in [5, 5.41) is 2.87. The summed E-state index contributed by atoms with van der Waals surface area (Å²) in [5.74, 6) is -0.236. The number of sulfonamides is 1. The lowest BCUT2D eigenvalue weighted by Crippen LogP contribution is -2.23. The first-order valence-corrected chi connectivity index (χ1v) is 10.5. The topological polar surface area (TPSA) is 69.7 Å². The first-order chi connectivity index (χ1) is 12.1. The fourth-order valence-corrected chi connectivity index (χ4v) is 4.48. The van der Waals surface area contributed by atoms with Gasteiger partial charge in [0, 0.05) is 33.1 Å². The second kappa shape index (κ2) is 7.77. The van der Waals surface area contributed by atoms with Crippen LogP contribution in [0.3, 0.4) is 0 Å².